The van der Waals surface area contributed by atoms with Crippen LogP contribution < -0.4 is 4.72 Å². The number of ether oxygens (including phenoxy) is 1. The van der Waals surface area contributed by atoms with Crippen LogP contribution in [0.25, 0.3) is 0 Å². The fraction of sp³-hybridized carbons (Fsp3) is 0.182. The first-order valence-electron chi connectivity index (χ1n) is 5.60. The van der Waals surface area contributed by atoms with Crippen LogP contribution in [0.5, 0.6) is 0 Å². The van der Waals surface area contributed by atoms with Crippen LogP contribution in [-0.2, 0) is 21.8 Å². The molecule has 8 nitrogen and oxygen atoms in total. The highest BCUT2D eigenvalue weighted by Crippen LogP contribution is 2.20. The molecule has 1 N–H and O–H groups in total. The summed E-state index contributed by atoms with van der Waals surface area (Å²) in [5, 5.41) is 3.70. The number of esters is 1. The van der Waals surface area contributed by atoms with Gasteiger partial charge >= 0.3 is 5.97 Å². The number of sulfonamides is 1. The standard InChI is InChI=1S/C11H11FN4O4S/c1-16-11(13-6-14-16)15-21(18,19)9-5-7(12)3-4-8(9)10(17)20-2/h3-6H,1-2H3,(H,13,14,15). The Morgan fingerprint density at radius 3 is 2.71 bits per heavy atom. The van der Waals surface area contributed by atoms with Gasteiger partial charge in [-0.2, -0.15) is 10.1 Å². The van der Waals surface area contributed by atoms with Gasteiger partial charge in [0.2, 0.25) is 5.95 Å². The normalized spacial score (nSPS) is 11.2. The average Bonchev–Trinajstić information content (AvgIpc) is 2.82. The quantitative estimate of drug-likeness (QED) is 0.826. The molecule has 0 amide bonds. The largest absolute Gasteiger partial charge is 0.465 e. The molecule has 0 saturated heterocycles. The summed E-state index contributed by atoms with van der Waals surface area (Å²) in [7, 11) is -1.66. The Hall–Kier alpha value is -2.49. The Balaban J connectivity index is 2.51. The zero-order chi connectivity index (χ0) is 15.6. The van der Waals surface area contributed by atoms with Crippen molar-refractivity contribution < 1.29 is 22.3 Å². The lowest BCUT2D eigenvalue weighted by molar-refractivity contribution is 0.0596. The van der Waals surface area contributed by atoms with E-state index >= 15 is 0 Å². The molecule has 10 heteroatoms. The highest BCUT2D eigenvalue weighted by Gasteiger charge is 2.25. The second kappa shape index (κ2) is 5.48. The van der Waals surface area contributed by atoms with Gasteiger partial charge in [-0.1, -0.05) is 0 Å². The number of rotatable bonds is 4. The van der Waals surface area contributed by atoms with Gasteiger partial charge in [-0.25, -0.2) is 27.0 Å². The SMILES string of the molecule is COC(=O)c1ccc(F)cc1S(=O)(=O)Nc1ncnn1C. The molecular formula is C11H11FN4O4S. The maximum atomic E-state index is 13.3. The van der Waals surface area contributed by atoms with Gasteiger partial charge in [0.15, 0.2) is 0 Å². The number of nitrogens with zero attached hydrogens (tertiary/aromatic N) is 3. The minimum atomic E-state index is -4.23. The molecule has 2 rings (SSSR count). The summed E-state index contributed by atoms with van der Waals surface area (Å²) in [6, 6.07) is 2.73. The molecule has 0 aliphatic carbocycles. The maximum absolute atomic E-state index is 13.3. The number of carbonyl (C=O) groups is 1. The minimum absolute atomic E-state index is 0.0740. The van der Waals surface area contributed by atoms with Crippen LogP contribution in [0.2, 0.25) is 0 Å². The molecule has 0 aliphatic heterocycles. The summed E-state index contributed by atoms with van der Waals surface area (Å²) in [4.78, 5) is 14.7. The van der Waals surface area contributed by atoms with Gasteiger partial charge in [-0.3, -0.25) is 0 Å². The van der Waals surface area contributed by atoms with Crippen LogP contribution in [0.4, 0.5) is 10.3 Å². The van der Waals surface area contributed by atoms with Crippen molar-refractivity contribution in [2.45, 2.75) is 4.90 Å². The van der Waals surface area contributed by atoms with Crippen LogP contribution in [0, 0.1) is 5.82 Å². The van der Waals surface area contributed by atoms with Crippen LogP contribution in [0.1, 0.15) is 10.4 Å². The Morgan fingerprint density at radius 2 is 2.14 bits per heavy atom. The predicted molar refractivity (Wildman–Crippen MR) is 69.6 cm³/mol. The number of halogens is 1. The summed E-state index contributed by atoms with van der Waals surface area (Å²) in [5.41, 5.74) is -0.284. The molecule has 2 aromatic rings. The molecule has 0 fully saturated rings. The zero-order valence-corrected chi connectivity index (χ0v) is 11.9. The number of anilines is 1. The van der Waals surface area contributed by atoms with Crippen LogP contribution in [0.3, 0.4) is 0 Å². The molecule has 112 valence electrons. The Morgan fingerprint density at radius 1 is 1.43 bits per heavy atom. The third-order valence-electron chi connectivity index (χ3n) is 2.58. The fourth-order valence-electron chi connectivity index (χ4n) is 1.56. The molecule has 0 aliphatic rings. The average molecular weight is 314 g/mol. The number of aromatic nitrogens is 3. The van der Waals surface area contributed by atoms with Crippen molar-refractivity contribution in [1.82, 2.24) is 14.8 Å². The summed E-state index contributed by atoms with van der Waals surface area (Å²) in [6.07, 6.45) is 1.14. The molecule has 0 unspecified atom stereocenters. The highest BCUT2D eigenvalue weighted by atomic mass is 32.2. The molecular weight excluding hydrogens is 303 g/mol. The first-order valence-corrected chi connectivity index (χ1v) is 7.08. The molecule has 0 saturated carbocycles. The van der Waals surface area contributed by atoms with Gasteiger partial charge in [0.1, 0.15) is 17.0 Å². The first-order chi connectivity index (χ1) is 9.85. The molecule has 1 heterocycles. The molecule has 1 aromatic heterocycles. The number of hydrogen-bond acceptors (Lipinski definition) is 6. The molecule has 0 bridgehead atoms. The van der Waals surface area contributed by atoms with Gasteiger partial charge < -0.3 is 4.74 Å². The van der Waals surface area contributed by atoms with E-state index < -0.39 is 26.7 Å². The third kappa shape index (κ3) is 2.99. The Bertz CT molecular complexity index is 787. The van der Waals surface area contributed by atoms with Crippen molar-refractivity contribution in [2.75, 3.05) is 11.8 Å². The topological polar surface area (TPSA) is 103 Å². The zero-order valence-electron chi connectivity index (χ0n) is 11.1. The number of carbonyl (C=O) groups excluding carboxylic acids is 1. The minimum Gasteiger partial charge on any atom is -0.465 e. The first kappa shape index (κ1) is 14.9. The summed E-state index contributed by atoms with van der Waals surface area (Å²) < 4.78 is 45.7. The lowest BCUT2D eigenvalue weighted by atomic mass is 10.2. The van der Waals surface area contributed by atoms with Crippen molar-refractivity contribution in [1.29, 1.82) is 0 Å². The second-order valence-electron chi connectivity index (χ2n) is 3.94. The lowest BCUT2D eigenvalue weighted by Gasteiger charge is -2.10. The van der Waals surface area contributed by atoms with Gasteiger partial charge in [-0.05, 0) is 18.2 Å². The molecule has 0 radical (unpaired) electrons. The Kier molecular flexibility index (Phi) is 3.89. The maximum Gasteiger partial charge on any atom is 0.339 e. The second-order valence-corrected chi connectivity index (χ2v) is 5.60. The highest BCUT2D eigenvalue weighted by molar-refractivity contribution is 7.92. The van der Waals surface area contributed by atoms with E-state index in [0.29, 0.717) is 0 Å². The van der Waals surface area contributed by atoms with E-state index in [2.05, 4.69) is 19.5 Å². The smallest absolute Gasteiger partial charge is 0.339 e. The number of benzene rings is 1. The summed E-state index contributed by atoms with van der Waals surface area (Å²) in [6.45, 7) is 0. The van der Waals surface area contributed by atoms with Crippen LogP contribution in [0.15, 0.2) is 29.4 Å². The van der Waals surface area contributed by atoms with Crippen molar-refractivity contribution in [3.05, 3.63) is 35.9 Å². The number of methoxy groups -OCH3 is 1. The molecule has 1 aromatic carbocycles. The van der Waals surface area contributed by atoms with Crippen LogP contribution in [-0.4, -0.2) is 36.3 Å². The van der Waals surface area contributed by atoms with Gasteiger partial charge in [0, 0.05) is 7.05 Å². The van der Waals surface area contributed by atoms with E-state index in [0.717, 1.165) is 31.6 Å². The molecule has 0 spiro atoms. The van der Waals surface area contributed by atoms with E-state index in [9.17, 15) is 17.6 Å². The predicted octanol–water partition coefficient (Wildman–Crippen LogP) is 0.542. The van der Waals surface area contributed by atoms with E-state index in [1.807, 2.05) is 0 Å². The summed E-state index contributed by atoms with van der Waals surface area (Å²) in [5.74, 6) is -1.77. The van der Waals surface area contributed by atoms with Crippen molar-refractivity contribution in [2.24, 2.45) is 7.05 Å². The van der Waals surface area contributed by atoms with Crippen molar-refractivity contribution in [3.63, 3.8) is 0 Å². The van der Waals surface area contributed by atoms with Gasteiger partial charge in [-0.15, -0.1) is 0 Å². The number of nitrogens with one attached hydrogen (secondary N) is 1. The summed E-state index contributed by atoms with van der Waals surface area (Å²) >= 11 is 0. The fourth-order valence-corrected chi connectivity index (χ4v) is 2.80. The molecule has 21 heavy (non-hydrogen) atoms. The number of hydrogen-bond donors (Lipinski definition) is 1. The lowest BCUT2D eigenvalue weighted by Crippen LogP contribution is -2.20. The van der Waals surface area contributed by atoms with E-state index in [4.69, 9.17) is 0 Å². The van der Waals surface area contributed by atoms with E-state index in [1.54, 1.807) is 0 Å². The Labute approximate surface area is 119 Å². The van der Waals surface area contributed by atoms with E-state index in [1.165, 1.54) is 11.7 Å². The monoisotopic (exact) mass is 314 g/mol. The molecule has 0 atom stereocenters. The van der Waals surface area contributed by atoms with Crippen LogP contribution >= 0.6 is 0 Å². The third-order valence-corrected chi connectivity index (χ3v) is 3.94. The van der Waals surface area contributed by atoms with E-state index in [-0.39, 0.29) is 11.5 Å². The van der Waals surface area contributed by atoms with Crippen molar-refractivity contribution >= 4 is 21.9 Å². The van der Waals surface area contributed by atoms with Crippen molar-refractivity contribution in [3.8, 4) is 0 Å². The van der Waals surface area contributed by atoms with Gasteiger partial charge in [0.05, 0.1) is 12.7 Å². The van der Waals surface area contributed by atoms with Gasteiger partial charge in [0.25, 0.3) is 10.0 Å². The number of aryl methyl sites for hydroxylation is 1.